The zero-order valence-corrected chi connectivity index (χ0v) is 13.0. The predicted octanol–water partition coefficient (Wildman–Crippen LogP) is 4.53. The smallest absolute Gasteiger partial charge is 0.352 e. The Hall–Kier alpha value is -2.23. The lowest BCUT2D eigenvalue weighted by Crippen LogP contribution is -2.07. The van der Waals surface area contributed by atoms with Crippen LogP contribution in [0.1, 0.15) is 49.5 Å². The van der Waals surface area contributed by atoms with Gasteiger partial charge < -0.3 is 14.8 Å². The van der Waals surface area contributed by atoms with Gasteiger partial charge in [0, 0.05) is 18.3 Å². The number of carboxylic acids is 1. The lowest BCUT2D eigenvalue weighted by atomic mass is 10.1. The topological polar surface area (TPSA) is 62.5 Å². The van der Waals surface area contributed by atoms with Crippen molar-refractivity contribution in [1.82, 2.24) is 4.57 Å². The molecule has 0 saturated heterocycles. The van der Waals surface area contributed by atoms with Gasteiger partial charge in [0.05, 0.1) is 0 Å². The fourth-order valence-corrected chi connectivity index (χ4v) is 2.57. The molecule has 4 heteroatoms. The lowest BCUT2D eigenvalue weighted by Gasteiger charge is -2.05. The quantitative estimate of drug-likeness (QED) is 0.704. The van der Waals surface area contributed by atoms with Gasteiger partial charge in [-0.2, -0.15) is 0 Å². The number of hydrogen-bond donors (Lipinski definition) is 2. The van der Waals surface area contributed by atoms with Crippen molar-refractivity contribution in [2.24, 2.45) is 0 Å². The molecule has 0 unspecified atom stereocenters. The van der Waals surface area contributed by atoms with Gasteiger partial charge >= 0.3 is 5.97 Å². The van der Waals surface area contributed by atoms with Gasteiger partial charge in [-0.15, -0.1) is 0 Å². The zero-order chi connectivity index (χ0) is 15.9. The van der Waals surface area contributed by atoms with Gasteiger partial charge in [-0.3, -0.25) is 0 Å². The Morgan fingerprint density at radius 1 is 1.05 bits per heavy atom. The van der Waals surface area contributed by atoms with Crippen LogP contribution >= 0.6 is 0 Å². The van der Waals surface area contributed by atoms with Crippen molar-refractivity contribution in [2.75, 3.05) is 0 Å². The van der Waals surface area contributed by atoms with E-state index in [1.807, 2.05) is 10.8 Å². The summed E-state index contributed by atoms with van der Waals surface area (Å²) in [5.74, 6) is -0.698. The third-order valence-electron chi connectivity index (χ3n) is 3.82. The molecule has 0 fully saturated rings. The van der Waals surface area contributed by atoms with Crippen LogP contribution in [-0.2, 0) is 6.54 Å². The van der Waals surface area contributed by atoms with E-state index < -0.39 is 5.97 Å². The van der Waals surface area contributed by atoms with Gasteiger partial charge in [-0.1, -0.05) is 44.7 Å². The largest absolute Gasteiger partial charge is 0.508 e. The molecule has 1 heterocycles. The van der Waals surface area contributed by atoms with Crippen LogP contribution in [0.3, 0.4) is 0 Å². The molecule has 4 nitrogen and oxygen atoms in total. The molecule has 0 bridgehead atoms. The van der Waals surface area contributed by atoms with Crippen molar-refractivity contribution in [2.45, 2.75) is 45.6 Å². The molecule has 118 valence electrons. The number of nitrogens with zero attached hydrogens (tertiary/aromatic N) is 1. The fraction of sp³-hybridized carbons (Fsp3) is 0.389. The number of aromatic carboxylic acids is 1. The molecule has 0 aliphatic carbocycles. The minimum absolute atomic E-state index is 0.206. The van der Waals surface area contributed by atoms with Crippen LogP contribution in [0.2, 0.25) is 0 Å². The number of carboxylic acid groups (broad SMARTS) is 1. The first-order valence-electron chi connectivity index (χ1n) is 7.84. The Bertz CT molecular complexity index is 614. The normalized spacial score (nSPS) is 10.8. The van der Waals surface area contributed by atoms with Crippen molar-refractivity contribution in [3.63, 3.8) is 0 Å². The number of aryl methyl sites for hydroxylation is 1. The zero-order valence-electron chi connectivity index (χ0n) is 13.0. The van der Waals surface area contributed by atoms with Gasteiger partial charge in [-0.25, -0.2) is 4.79 Å². The number of aromatic nitrogens is 1. The molecule has 2 N–H and O–H groups in total. The summed E-state index contributed by atoms with van der Waals surface area (Å²) in [7, 11) is 0. The molecule has 0 aliphatic rings. The first kappa shape index (κ1) is 16.1. The van der Waals surface area contributed by atoms with Crippen molar-refractivity contribution in [3.05, 3.63) is 42.2 Å². The molecule has 2 rings (SSSR count). The van der Waals surface area contributed by atoms with Crippen molar-refractivity contribution in [1.29, 1.82) is 0 Å². The molecule has 2 aromatic rings. The van der Waals surface area contributed by atoms with Crippen LogP contribution in [0.5, 0.6) is 5.75 Å². The molecule has 0 spiro atoms. The Morgan fingerprint density at radius 3 is 2.36 bits per heavy atom. The maximum absolute atomic E-state index is 11.4. The van der Waals surface area contributed by atoms with Crippen LogP contribution in [0.4, 0.5) is 0 Å². The number of hydrogen-bond acceptors (Lipinski definition) is 2. The Kier molecular flexibility index (Phi) is 5.64. The maximum Gasteiger partial charge on any atom is 0.352 e. The van der Waals surface area contributed by atoms with E-state index in [0.29, 0.717) is 5.69 Å². The summed E-state index contributed by atoms with van der Waals surface area (Å²) >= 11 is 0. The number of phenolic OH excluding ortho intramolecular Hbond substituents is 1. The van der Waals surface area contributed by atoms with Crippen LogP contribution < -0.4 is 0 Å². The average Bonchev–Trinajstić information content (AvgIpc) is 2.92. The summed E-state index contributed by atoms with van der Waals surface area (Å²) in [5, 5.41) is 18.7. The molecule has 0 amide bonds. The van der Waals surface area contributed by atoms with E-state index in [0.717, 1.165) is 30.5 Å². The van der Waals surface area contributed by atoms with Crippen molar-refractivity contribution in [3.8, 4) is 16.9 Å². The summed E-state index contributed by atoms with van der Waals surface area (Å²) in [6, 6.07) is 8.50. The predicted molar refractivity (Wildman–Crippen MR) is 87.3 cm³/mol. The first-order chi connectivity index (χ1) is 10.6. The van der Waals surface area contributed by atoms with Crippen molar-refractivity contribution >= 4 is 5.97 Å². The second kappa shape index (κ2) is 7.69. The van der Waals surface area contributed by atoms with Gasteiger partial charge in [-0.05, 0) is 30.2 Å². The summed E-state index contributed by atoms with van der Waals surface area (Å²) in [6.45, 7) is 2.90. The van der Waals surface area contributed by atoms with E-state index in [2.05, 4.69) is 6.92 Å². The number of rotatable bonds is 8. The Balaban J connectivity index is 2.11. The highest BCUT2D eigenvalue weighted by molar-refractivity contribution is 5.88. The van der Waals surface area contributed by atoms with Gasteiger partial charge in [0.1, 0.15) is 11.4 Å². The summed E-state index contributed by atoms with van der Waals surface area (Å²) in [6.07, 6.45) is 7.63. The van der Waals surface area contributed by atoms with E-state index in [9.17, 15) is 15.0 Å². The lowest BCUT2D eigenvalue weighted by molar-refractivity contribution is 0.0685. The van der Waals surface area contributed by atoms with E-state index in [1.54, 1.807) is 30.3 Å². The third kappa shape index (κ3) is 4.13. The fourth-order valence-electron chi connectivity index (χ4n) is 2.57. The minimum Gasteiger partial charge on any atom is -0.508 e. The summed E-state index contributed by atoms with van der Waals surface area (Å²) in [5.41, 5.74) is 2.09. The summed E-state index contributed by atoms with van der Waals surface area (Å²) < 4.78 is 1.82. The van der Waals surface area contributed by atoms with E-state index in [1.165, 1.54) is 19.3 Å². The molecule has 0 radical (unpaired) electrons. The number of unbranched alkanes of at least 4 members (excludes halogenated alkanes) is 4. The minimum atomic E-state index is -0.904. The Labute approximate surface area is 131 Å². The maximum atomic E-state index is 11.4. The number of phenols is 1. The SMILES string of the molecule is CCCCCCCn1cc(-c2ccc(O)cc2)cc1C(=O)O. The number of carbonyl (C=O) groups is 1. The van der Waals surface area contributed by atoms with Gasteiger partial charge in [0.25, 0.3) is 0 Å². The van der Waals surface area contributed by atoms with Gasteiger partial charge in [0.2, 0.25) is 0 Å². The van der Waals surface area contributed by atoms with Crippen LogP contribution in [0, 0.1) is 0 Å². The van der Waals surface area contributed by atoms with Crippen molar-refractivity contribution < 1.29 is 15.0 Å². The highest BCUT2D eigenvalue weighted by Gasteiger charge is 2.13. The average molecular weight is 301 g/mol. The molecule has 0 aliphatic heterocycles. The van der Waals surface area contributed by atoms with Crippen LogP contribution in [0.25, 0.3) is 11.1 Å². The van der Waals surface area contributed by atoms with Crippen LogP contribution in [0.15, 0.2) is 36.5 Å². The molecular weight excluding hydrogens is 278 g/mol. The number of aromatic hydroxyl groups is 1. The highest BCUT2D eigenvalue weighted by Crippen LogP contribution is 2.24. The second-order valence-corrected chi connectivity index (χ2v) is 5.57. The Morgan fingerprint density at radius 2 is 1.73 bits per heavy atom. The monoisotopic (exact) mass is 301 g/mol. The standard InChI is InChI=1S/C18H23NO3/c1-2-3-4-5-6-11-19-13-15(12-17(19)18(21)22)14-7-9-16(20)10-8-14/h7-10,12-13,20H,2-6,11H2,1H3,(H,21,22). The summed E-state index contributed by atoms with van der Waals surface area (Å²) in [4.78, 5) is 11.4. The van der Waals surface area contributed by atoms with E-state index >= 15 is 0 Å². The second-order valence-electron chi connectivity index (χ2n) is 5.57. The van der Waals surface area contributed by atoms with E-state index in [-0.39, 0.29) is 5.75 Å². The third-order valence-corrected chi connectivity index (χ3v) is 3.82. The molecule has 0 saturated carbocycles. The molecular formula is C18H23NO3. The molecule has 0 atom stereocenters. The molecule has 1 aromatic heterocycles. The number of benzene rings is 1. The highest BCUT2D eigenvalue weighted by atomic mass is 16.4. The molecule has 22 heavy (non-hydrogen) atoms. The van der Waals surface area contributed by atoms with Gasteiger partial charge in [0.15, 0.2) is 0 Å². The van der Waals surface area contributed by atoms with E-state index in [4.69, 9.17) is 0 Å². The first-order valence-corrected chi connectivity index (χ1v) is 7.84. The molecule has 1 aromatic carbocycles. The van der Waals surface area contributed by atoms with Crippen LogP contribution in [-0.4, -0.2) is 20.7 Å².